The van der Waals surface area contributed by atoms with Gasteiger partial charge in [0.2, 0.25) is 5.91 Å². The first kappa shape index (κ1) is 10.5. The Morgan fingerprint density at radius 2 is 2.19 bits per heavy atom. The van der Waals surface area contributed by atoms with Gasteiger partial charge in [-0.25, -0.2) is 4.98 Å². The third-order valence-corrected chi connectivity index (χ3v) is 2.59. The Balaban J connectivity index is 2.27. The molecule has 0 aliphatic carbocycles. The van der Waals surface area contributed by atoms with E-state index in [1.54, 1.807) is 6.92 Å². The van der Waals surface area contributed by atoms with Crippen LogP contribution < -0.4 is 4.90 Å². The SMILES string of the molecule is Cc1nccnc1N1CC(C(=O)O)CC1=O. The fourth-order valence-corrected chi connectivity index (χ4v) is 1.74. The highest BCUT2D eigenvalue weighted by atomic mass is 16.4. The van der Waals surface area contributed by atoms with Crippen LogP contribution in [-0.2, 0) is 9.59 Å². The summed E-state index contributed by atoms with van der Waals surface area (Å²) >= 11 is 0. The molecule has 2 heterocycles. The number of amides is 1. The lowest BCUT2D eigenvalue weighted by molar-refractivity contribution is -0.141. The van der Waals surface area contributed by atoms with E-state index in [4.69, 9.17) is 5.11 Å². The van der Waals surface area contributed by atoms with Crippen LogP contribution in [0.15, 0.2) is 12.4 Å². The molecule has 1 aromatic heterocycles. The maximum atomic E-state index is 11.6. The molecule has 1 amide bonds. The van der Waals surface area contributed by atoms with Crippen LogP contribution in [-0.4, -0.2) is 33.5 Å². The van der Waals surface area contributed by atoms with Crippen LogP contribution in [0.5, 0.6) is 0 Å². The van der Waals surface area contributed by atoms with E-state index in [1.165, 1.54) is 17.3 Å². The van der Waals surface area contributed by atoms with Crippen molar-refractivity contribution in [2.45, 2.75) is 13.3 Å². The summed E-state index contributed by atoms with van der Waals surface area (Å²) in [5, 5.41) is 8.85. The summed E-state index contributed by atoms with van der Waals surface area (Å²) in [4.78, 5) is 31.9. The number of hydrogen-bond acceptors (Lipinski definition) is 4. The van der Waals surface area contributed by atoms with Crippen molar-refractivity contribution < 1.29 is 14.7 Å². The topological polar surface area (TPSA) is 83.4 Å². The molecule has 0 bridgehead atoms. The van der Waals surface area contributed by atoms with Gasteiger partial charge in [-0.2, -0.15) is 0 Å². The summed E-state index contributed by atoms with van der Waals surface area (Å²) in [6.45, 7) is 1.91. The summed E-state index contributed by atoms with van der Waals surface area (Å²) in [5.41, 5.74) is 0.627. The summed E-state index contributed by atoms with van der Waals surface area (Å²) in [7, 11) is 0. The fourth-order valence-electron chi connectivity index (χ4n) is 1.74. The van der Waals surface area contributed by atoms with Gasteiger partial charge in [0.05, 0.1) is 11.6 Å². The molecule has 6 nitrogen and oxygen atoms in total. The lowest BCUT2D eigenvalue weighted by Gasteiger charge is -2.15. The first-order chi connectivity index (χ1) is 7.59. The molecule has 2 rings (SSSR count). The highest BCUT2D eigenvalue weighted by molar-refractivity contribution is 5.98. The third-order valence-electron chi connectivity index (χ3n) is 2.59. The lowest BCUT2D eigenvalue weighted by atomic mass is 10.1. The Kier molecular flexibility index (Phi) is 2.55. The van der Waals surface area contributed by atoms with Gasteiger partial charge in [-0.15, -0.1) is 0 Å². The molecule has 1 saturated heterocycles. The van der Waals surface area contributed by atoms with Crippen LogP contribution in [0.3, 0.4) is 0 Å². The number of carboxylic acids is 1. The molecule has 84 valence electrons. The number of carbonyl (C=O) groups is 2. The van der Waals surface area contributed by atoms with Crippen LogP contribution in [0.25, 0.3) is 0 Å². The molecule has 1 N–H and O–H groups in total. The molecule has 0 saturated carbocycles. The number of anilines is 1. The zero-order valence-electron chi connectivity index (χ0n) is 8.75. The number of hydrogen-bond donors (Lipinski definition) is 1. The third kappa shape index (κ3) is 1.73. The van der Waals surface area contributed by atoms with E-state index in [9.17, 15) is 9.59 Å². The highest BCUT2D eigenvalue weighted by Gasteiger charge is 2.36. The summed E-state index contributed by atoms with van der Waals surface area (Å²) in [6.07, 6.45) is 3.06. The van der Waals surface area contributed by atoms with Gasteiger partial charge in [-0.3, -0.25) is 19.5 Å². The number of nitrogens with zero attached hydrogens (tertiary/aromatic N) is 3. The second kappa shape index (κ2) is 3.88. The number of carboxylic acid groups (broad SMARTS) is 1. The normalized spacial score (nSPS) is 20.2. The predicted molar refractivity (Wildman–Crippen MR) is 54.9 cm³/mol. The van der Waals surface area contributed by atoms with E-state index in [0.29, 0.717) is 11.5 Å². The Hall–Kier alpha value is -1.98. The molecule has 1 atom stereocenters. The first-order valence-electron chi connectivity index (χ1n) is 4.90. The number of aliphatic carboxylic acids is 1. The smallest absolute Gasteiger partial charge is 0.308 e. The molecule has 1 aliphatic heterocycles. The van der Waals surface area contributed by atoms with Gasteiger partial charge in [-0.1, -0.05) is 0 Å². The molecule has 0 aromatic carbocycles. The van der Waals surface area contributed by atoms with Crippen molar-refractivity contribution in [3.63, 3.8) is 0 Å². The van der Waals surface area contributed by atoms with E-state index < -0.39 is 11.9 Å². The minimum absolute atomic E-state index is 0.0331. The van der Waals surface area contributed by atoms with E-state index in [1.807, 2.05) is 0 Å². The van der Waals surface area contributed by atoms with Crippen molar-refractivity contribution in [3.05, 3.63) is 18.1 Å². The number of aryl methyl sites for hydroxylation is 1. The van der Waals surface area contributed by atoms with Crippen LogP contribution in [0.2, 0.25) is 0 Å². The van der Waals surface area contributed by atoms with Crippen molar-refractivity contribution >= 4 is 17.7 Å². The standard InChI is InChI=1S/C10H11N3O3/c1-6-9(12-3-2-11-6)13-5-7(10(15)16)4-8(13)14/h2-3,7H,4-5H2,1H3,(H,15,16). The van der Waals surface area contributed by atoms with Gasteiger partial charge in [0.15, 0.2) is 5.82 Å². The van der Waals surface area contributed by atoms with E-state index in [2.05, 4.69) is 9.97 Å². The van der Waals surface area contributed by atoms with Gasteiger partial charge < -0.3 is 5.11 Å². The molecular weight excluding hydrogens is 210 g/mol. The number of carbonyl (C=O) groups excluding carboxylic acids is 1. The van der Waals surface area contributed by atoms with E-state index in [0.717, 1.165) is 0 Å². The van der Waals surface area contributed by atoms with Gasteiger partial charge in [0, 0.05) is 25.4 Å². The molecule has 1 unspecified atom stereocenters. The van der Waals surface area contributed by atoms with Crippen molar-refractivity contribution in [3.8, 4) is 0 Å². The van der Waals surface area contributed by atoms with Crippen LogP contribution in [0, 0.1) is 12.8 Å². The second-order valence-corrected chi connectivity index (χ2v) is 3.71. The number of rotatable bonds is 2. The molecule has 1 fully saturated rings. The maximum Gasteiger partial charge on any atom is 0.308 e. The van der Waals surface area contributed by atoms with Gasteiger partial charge in [0.1, 0.15) is 0 Å². The van der Waals surface area contributed by atoms with Gasteiger partial charge in [0.25, 0.3) is 0 Å². The molecule has 16 heavy (non-hydrogen) atoms. The Labute approximate surface area is 91.9 Å². The van der Waals surface area contributed by atoms with Crippen molar-refractivity contribution in [2.75, 3.05) is 11.4 Å². The summed E-state index contributed by atoms with van der Waals surface area (Å²) < 4.78 is 0. The average molecular weight is 221 g/mol. The van der Waals surface area contributed by atoms with Crippen LogP contribution in [0.1, 0.15) is 12.1 Å². The fraction of sp³-hybridized carbons (Fsp3) is 0.400. The molecule has 0 radical (unpaired) electrons. The van der Waals surface area contributed by atoms with E-state index in [-0.39, 0.29) is 18.9 Å². The lowest BCUT2D eigenvalue weighted by Crippen LogP contribution is -2.27. The van der Waals surface area contributed by atoms with Gasteiger partial charge in [-0.05, 0) is 6.92 Å². The summed E-state index contributed by atoms with van der Waals surface area (Å²) in [6, 6.07) is 0. The molecule has 6 heteroatoms. The quantitative estimate of drug-likeness (QED) is 0.772. The van der Waals surface area contributed by atoms with Gasteiger partial charge >= 0.3 is 5.97 Å². The van der Waals surface area contributed by atoms with Crippen molar-refractivity contribution in [2.24, 2.45) is 5.92 Å². The zero-order valence-corrected chi connectivity index (χ0v) is 8.75. The molecule has 1 aliphatic rings. The highest BCUT2D eigenvalue weighted by Crippen LogP contribution is 2.24. The van der Waals surface area contributed by atoms with Crippen LogP contribution in [0.4, 0.5) is 5.82 Å². The second-order valence-electron chi connectivity index (χ2n) is 3.71. The average Bonchev–Trinajstić information content (AvgIpc) is 2.61. The van der Waals surface area contributed by atoms with Crippen molar-refractivity contribution in [1.29, 1.82) is 0 Å². The molecule has 1 aromatic rings. The Morgan fingerprint density at radius 1 is 1.50 bits per heavy atom. The number of aromatic nitrogens is 2. The molecule has 0 spiro atoms. The zero-order chi connectivity index (χ0) is 11.7. The maximum absolute atomic E-state index is 11.6. The Bertz CT molecular complexity index is 447. The van der Waals surface area contributed by atoms with Crippen molar-refractivity contribution in [1.82, 2.24) is 9.97 Å². The summed E-state index contributed by atoms with van der Waals surface area (Å²) in [5.74, 6) is -1.35. The minimum atomic E-state index is -0.947. The van der Waals surface area contributed by atoms with Crippen LogP contribution >= 0.6 is 0 Å². The minimum Gasteiger partial charge on any atom is -0.481 e. The first-order valence-corrected chi connectivity index (χ1v) is 4.90. The predicted octanol–water partition coefficient (Wildman–Crippen LogP) is 0.223. The molecular formula is C10H11N3O3. The monoisotopic (exact) mass is 221 g/mol. The largest absolute Gasteiger partial charge is 0.481 e. The van der Waals surface area contributed by atoms with E-state index >= 15 is 0 Å². The Morgan fingerprint density at radius 3 is 2.75 bits per heavy atom.